The number of hydrogen-bond donors (Lipinski definition) is 0. The maximum Gasteiger partial charge on any atom is 0.324 e. The number of esters is 2. The number of ether oxygens (including phenoxy) is 2. The van der Waals surface area contributed by atoms with Gasteiger partial charge in [0.25, 0.3) is 0 Å². The van der Waals surface area contributed by atoms with Crippen molar-refractivity contribution in [3.63, 3.8) is 0 Å². The molecule has 0 rings (SSSR count). The summed E-state index contributed by atoms with van der Waals surface area (Å²) in [6.07, 6.45) is 0.906. The second-order valence-corrected chi connectivity index (χ2v) is 4.08. The van der Waals surface area contributed by atoms with E-state index in [0.717, 1.165) is 0 Å². The molecule has 0 aromatic carbocycles. The summed E-state index contributed by atoms with van der Waals surface area (Å²) < 4.78 is 9.44. The van der Waals surface area contributed by atoms with Crippen LogP contribution in [0, 0.1) is 17.3 Å². The molecule has 0 saturated heterocycles. The zero-order valence-electron chi connectivity index (χ0n) is 11.5. The van der Waals surface area contributed by atoms with Crippen LogP contribution in [0.15, 0.2) is 12.2 Å². The van der Waals surface area contributed by atoms with Crippen molar-refractivity contribution >= 4 is 11.9 Å². The van der Waals surface area contributed by atoms with Gasteiger partial charge in [-0.05, 0) is 13.3 Å². The van der Waals surface area contributed by atoms with Crippen LogP contribution < -0.4 is 0 Å². The van der Waals surface area contributed by atoms with E-state index in [9.17, 15) is 9.59 Å². The molecule has 0 fully saturated rings. The first kappa shape index (κ1) is 16.2. The molecular formula is C14H20O4. The zero-order chi connectivity index (χ0) is 14.2. The highest BCUT2D eigenvalue weighted by molar-refractivity contribution is 6.00. The first-order valence-corrected chi connectivity index (χ1v) is 5.71. The van der Waals surface area contributed by atoms with Crippen LogP contribution in [0.5, 0.6) is 0 Å². The number of hydrogen-bond acceptors (Lipinski definition) is 4. The van der Waals surface area contributed by atoms with E-state index in [2.05, 4.69) is 18.4 Å². The third-order valence-corrected chi connectivity index (χ3v) is 2.45. The Morgan fingerprint density at radius 2 is 1.67 bits per heavy atom. The van der Waals surface area contributed by atoms with Gasteiger partial charge in [0.15, 0.2) is 5.41 Å². The van der Waals surface area contributed by atoms with Gasteiger partial charge in [0.1, 0.15) is 0 Å². The van der Waals surface area contributed by atoms with Crippen molar-refractivity contribution in [2.24, 2.45) is 5.41 Å². The summed E-state index contributed by atoms with van der Waals surface area (Å²) in [6.45, 7) is 7.37. The molecule has 100 valence electrons. The third kappa shape index (κ3) is 3.92. The summed E-state index contributed by atoms with van der Waals surface area (Å²) in [4.78, 5) is 23.9. The van der Waals surface area contributed by atoms with Gasteiger partial charge >= 0.3 is 11.9 Å². The Morgan fingerprint density at radius 1 is 1.17 bits per heavy atom. The topological polar surface area (TPSA) is 52.6 Å². The lowest BCUT2D eigenvalue weighted by Crippen LogP contribution is -2.41. The van der Waals surface area contributed by atoms with Crippen molar-refractivity contribution < 1.29 is 19.1 Å². The number of rotatable bonds is 5. The molecule has 0 atom stereocenters. The molecule has 0 saturated carbocycles. The molecular weight excluding hydrogens is 232 g/mol. The lowest BCUT2D eigenvalue weighted by atomic mass is 9.79. The molecule has 0 aromatic rings. The fourth-order valence-electron chi connectivity index (χ4n) is 1.68. The molecule has 0 aliphatic carbocycles. The van der Waals surface area contributed by atoms with Crippen LogP contribution in [-0.4, -0.2) is 26.2 Å². The van der Waals surface area contributed by atoms with Gasteiger partial charge in [-0.15, -0.1) is 18.4 Å². The number of methoxy groups -OCH3 is 2. The van der Waals surface area contributed by atoms with E-state index < -0.39 is 17.4 Å². The highest BCUT2D eigenvalue weighted by atomic mass is 16.5. The van der Waals surface area contributed by atoms with Gasteiger partial charge in [-0.3, -0.25) is 9.59 Å². The minimum Gasteiger partial charge on any atom is -0.468 e. The van der Waals surface area contributed by atoms with E-state index >= 15 is 0 Å². The van der Waals surface area contributed by atoms with Crippen molar-refractivity contribution in [2.75, 3.05) is 14.2 Å². The number of carbonyl (C=O) groups is 2. The summed E-state index contributed by atoms with van der Waals surface area (Å²) in [5.41, 5.74) is -0.707. The van der Waals surface area contributed by atoms with Crippen molar-refractivity contribution in [3.05, 3.63) is 12.2 Å². The molecule has 0 amide bonds. The van der Waals surface area contributed by atoms with Crippen LogP contribution in [0.25, 0.3) is 0 Å². The van der Waals surface area contributed by atoms with Crippen LogP contribution in [0.2, 0.25) is 0 Å². The molecule has 0 aromatic heterocycles. The maximum absolute atomic E-state index is 11.9. The summed E-state index contributed by atoms with van der Waals surface area (Å²) in [5, 5.41) is 0. The van der Waals surface area contributed by atoms with Crippen molar-refractivity contribution in [1.29, 1.82) is 0 Å². The van der Waals surface area contributed by atoms with E-state index in [1.807, 2.05) is 6.92 Å². The summed E-state index contributed by atoms with van der Waals surface area (Å²) in [6, 6.07) is 0. The van der Waals surface area contributed by atoms with Gasteiger partial charge in [-0.25, -0.2) is 0 Å². The zero-order valence-corrected chi connectivity index (χ0v) is 11.5. The van der Waals surface area contributed by atoms with Crippen LogP contribution >= 0.6 is 0 Å². The summed E-state index contributed by atoms with van der Waals surface area (Å²) >= 11 is 0. The summed E-state index contributed by atoms with van der Waals surface area (Å²) in [7, 11) is 2.48. The van der Waals surface area contributed by atoms with E-state index in [1.54, 1.807) is 6.92 Å². The van der Waals surface area contributed by atoms with Crippen LogP contribution in [0.1, 0.15) is 33.1 Å². The fourth-order valence-corrected chi connectivity index (χ4v) is 1.68. The van der Waals surface area contributed by atoms with E-state index in [1.165, 1.54) is 14.2 Å². The molecule has 0 radical (unpaired) electrons. The van der Waals surface area contributed by atoms with E-state index in [-0.39, 0.29) is 12.8 Å². The molecule has 4 nitrogen and oxygen atoms in total. The van der Waals surface area contributed by atoms with Gasteiger partial charge < -0.3 is 9.47 Å². The second kappa shape index (κ2) is 7.54. The molecule has 4 heteroatoms. The van der Waals surface area contributed by atoms with Crippen LogP contribution in [0.4, 0.5) is 0 Å². The molecule has 0 bridgehead atoms. The van der Waals surface area contributed by atoms with Gasteiger partial charge in [0.2, 0.25) is 0 Å². The molecule has 0 aliphatic heterocycles. The van der Waals surface area contributed by atoms with Gasteiger partial charge in [0, 0.05) is 12.8 Å². The van der Waals surface area contributed by atoms with E-state index in [4.69, 9.17) is 9.47 Å². The Balaban J connectivity index is 5.45. The fraction of sp³-hybridized carbons (Fsp3) is 0.571. The Kier molecular flexibility index (Phi) is 6.81. The first-order chi connectivity index (χ1) is 8.44. The third-order valence-electron chi connectivity index (χ3n) is 2.45. The Labute approximate surface area is 108 Å². The smallest absolute Gasteiger partial charge is 0.324 e. The number of allylic oxidation sites excluding steroid dienone is 1. The van der Waals surface area contributed by atoms with Gasteiger partial charge in [-0.1, -0.05) is 12.5 Å². The Morgan fingerprint density at radius 3 is 2.00 bits per heavy atom. The van der Waals surface area contributed by atoms with Crippen molar-refractivity contribution in [1.82, 2.24) is 0 Å². The van der Waals surface area contributed by atoms with Crippen LogP contribution in [0.3, 0.4) is 0 Å². The van der Waals surface area contributed by atoms with Gasteiger partial charge in [0.05, 0.1) is 14.2 Å². The average Bonchev–Trinajstić information content (AvgIpc) is 2.35. The highest BCUT2D eigenvalue weighted by Crippen LogP contribution is 2.32. The van der Waals surface area contributed by atoms with E-state index in [0.29, 0.717) is 12.0 Å². The van der Waals surface area contributed by atoms with Crippen LogP contribution in [-0.2, 0) is 19.1 Å². The highest BCUT2D eigenvalue weighted by Gasteiger charge is 2.47. The first-order valence-electron chi connectivity index (χ1n) is 5.71. The molecule has 0 unspecified atom stereocenters. The molecule has 0 N–H and O–H groups in total. The van der Waals surface area contributed by atoms with Crippen molar-refractivity contribution in [2.45, 2.75) is 33.1 Å². The maximum atomic E-state index is 11.9. The monoisotopic (exact) mass is 252 g/mol. The SMILES string of the molecule is C=C(C)CC(CC#CCC)(C(=O)OC)C(=O)OC. The summed E-state index contributed by atoms with van der Waals surface area (Å²) in [5.74, 6) is 4.39. The lowest BCUT2D eigenvalue weighted by Gasteiger charge is -2.26. The molecule has 0 spiro atoms. The predicted molar refractivity (Wildman–Crippen MR) is 68.6 cm³/mol. The average molecular weight is 252 g/mol. The predicted octanol–water partition coefficient (Wildman–Crippen LogP) is 2.09. The molecule has 0 heterocycles. The minimum absolute atomic E-state index is 0.0764. The second-order valence-electron chi connectivity index (χ2n) is 4.08. The Bertz CT molecular complexity index is 368. The Hall–Kier alpha value is -1.76. The normalized spacial score (nSPS) is 10.0. The lowest BCUT2D eigenvalue weighted by molar-refractivity contribution is -0.168. The standard InChI is InChI=1S/C14H20O4/c1-6-7-8-9-14(10-11(2)3,12(15)17-4)13(16)18-5/h2,6,9-10H2,1,3-5H3. The molecule has 0 aliphatic rings. The largest absolute Gasteiger partial charge is 0.468 e. The number of carbonyl (C=O) groups excluding carboxylic acids is 2. The minimum atomic E-state index is -1.41. The van der Waals surface area contributed by atoms with Crippen molar-refractivity contribution in [3.8, 4) is 11.8 Å². The quantitative estimate of drug-likeness (QED) is 0.325. The molecule has 18 heavy (non-hydrogen) atoms. The van der Waals surface area contributed by atoms with Gasteiger partial charge in [-0.2, -0.15) is 0 Å².